The average Bonchev–Trinajstić information content (AvgIpc) is 2.70. The molecule has 0 aliphatic rings. The number of aryl methyl sites for hydroxylation is 2. The fraction of sp³-hybridized carbons (Fsp3) is 0.667. The summed E-state index contributed by atoms with van der Waals surface area (Å²) < 4.78 is 0. The number of allylic oxidation sites excluding steroid dienone is 2. The number of hydrogen-bond acceptors (Lipinski definition) is 3. The van der Waals surface area contributed by atoms with Crippen molar-refractivity contribution in [3.63, 3.8) is 0 Å². The highest BCUT2D eigenvalue weighted by Gasteiger charge is 2.02. The van der Waals surface area contributed by atoms with Gasteiger partial charge in [-0.2, -0.15) is 0 Å². The molecule has 2 nitrogen and oxygen atoms in total. The second-order valence-electron chi connectivity index (χ2n) is 5.18. The number of nitrogens with one attached hydrogen (secondary N) is 1. The van der Waals surface area contributed by atoms with Crippen LogP contribution in [0.3, 0.4) is 0 Å². The zero-order valence-electron chi connectivity index (χ0n) is 12.1. The Hall–Kier alpha value is -0.670. The molecule has 0 aromatic carbocycles. The average molecular weight is 266 g/mol. The van der Waals surface area contributed by atoms with Crippen molar-refractivity contribution in [1.82, 2.24) is 10.3 Å². The third-order valence-corrected chi connectivity index (χ3v) is 4.07. The topological polar surface area (TPSA) is 24.9 Å². The molecule has 0 saturated heterocycles. The summed E-state index contributed by atoms with van der Waals surface area (Å²) in [5, 5.41) is 3.59. The van der Waals surface area contributed by atoms with Crippen molar-refractivity contribution in [2.45, 2.75) is 59.4 Å². The summed E-state index contributed by atoms with van der Waals surface area (Å²) in [7, 11) is 0. The normalized spacial score (nSPS) is 12.4. The summed E-state index contributed by atoms with van der Waals surface area (Å²) >= 11 is 1.78. The van der Waals surface area contributed by atoms with Crippen LogP contribution < -0.4 is 5.32 Å². The Labute approximate surface area is 116 Å². The lowest BCUT2D eigenvalue weighted by molar-refractivity contribution is 0.510. The number of nitrogens with zero attached hydrogens (tertiary/aromatic N) is 1. The molecule has 1 aromatic heterocycles. The quantitative estimate of drug-likeness (QED) is 0.566. The highest BCUT2D eigenvalue weighted by atomic mass is 32.1. The Morgan fingerprint density at radius 3 is 2.89 bits per heavy atom. The number of rotatable bonds is 8. The Morgan fingerprint density at radius 1 is 1.50 bits per heavy atom. The molecule has 0 spiro atoms. The maximum absolute atomic E-state index is 4.28. The van der Waals surface area contributed by atoms with Crippen LogP contribution in [0.2, 0.25) is 0 Å². The van der Waals surface area contributed by atoms with Crippen LogP contribution in [-0.2, 0) is 6.42 Å². The molecular formula is C15H26N2S. The van der Waals surface area contributed by atoms with Crippen LogP contribution in [0.15, 0.2) is 17.2 Å². The van der Waals surface area contributed by atoms with E-state index in [0.29, 0.717) is 6.04 Å². The zero-order valence-corrected chi connectivity index (χ0v) is 12.9. The lowest BCUT2D eigenvalue weighted by Gasteiger charge is -2.12. The summed E-state index contributed by atoms with van der Waals surface area (Å²) in [5.41, 5.74) is 4.57. The van der Waals surface area contributed by atoms with Gasteiger partial charge in [-0.15, -0.1) is 11.3 Å². The Balaban J connectivity index is 2.07. The smallest absolute Gasteiger partial charge is 0.0797 e. The van der Waals surface area contributed by atoms with Gasteiger partial charge in [-0.1, -0.05) is 11.6 Å². The van der Waals surface area contributed by atoms with Gasteiger partial charge >= 0.3 is 0 Å². The third kappa shape index (κ3) is 6.31. The van der Waals surface area contributed by atoms with E-state index in [2.05, 4.69) is 44.1 Å². The number of hydrogen-bond donors (Lipinski definition) is 1. The van der Waals surface area contributed by atoms with Gasteiger partial charge in [0.15, 0.2) is 0 Å². The van der Waals surface area contributed by atoms with Gasteiger partial charge in [0, 0.05) is 10.9 Å². The summed E-state index contributed by atoms with van der Waals surface area (Å²) in [6.45, 7) is 9.80. The van der Waals surface area contributed by atoms with Gasteiger partial charge in [-0.05, 0) is 59.9 Å². The number of aromatic nitrogens is 1. The van der Waals surface area contributed by atoms with Gasteiger partial charge in [0.05, 0.1) is 11.2 Å². The molecule has 0 amide bonds. The molecule has 0 saturated carbocycles. The summed E-state index contributed by atoms with van der Waals surface area (Å²) in [6.07, 6.45) is 7.09. The lowest BCUT2D eigenvalue weighted by Crippen LogP contribution is -2.27. The van der Waals surface area contributed by atoms with Crippen LogP contribution in [-0.4, -0.2) is 17.6 Å². The lowest BCUT2D eigenvalue weighted by atomic mass is 10.1. The van der Waals surface area contributed by atoms with Crippen molar-refractivity contribution in [2.24, 2.45) is 0 Å². The van der Waals surface area contributed by atoms with E-state index in [-0.39, 0.29) is 0 Å². The Kier molecular flexibility index (Phi) is 7.21. The van der Waals surface area contributed by atoms with Gasteiger partial charge in [0.2, 0.25) is 0 Å². The Bertz CT molecular complexity index is 364. The van der Waals surface area contributed by atoms with E-state index in [4.69, 9.17) is 0 Å². The van der Waals surface area contributed by atoms with Gasteiger partial charge in [-0.25, -0.2) is 4.98 Å². The second kappa shape index (κ2) is 8.44. The van der Waals surface area contributed by atoms with Crippen molar-refractivity contribution in [1.29, 1.82) is 0 Å². The van der Waals surface area contributed by atoms with E-state index in [9.17, 15) is 0 Å². The fourth-order valence-corrected chi connectivity index (χ4v) is 2.71. The fourth-order valence-electron chi connectivity index (χ4n) is 1.89. The van der Waals surface area contributed by atoms with E-state index in [0.717, 1.165) is 13.0 Å². The number of thiazole rings is 1. The molecule has 0 aliphatic heterocycles. The van der Waals surface area contributed by atoms with Crippen LogP contribution in [0.4, 0.5) is 0 Å². The van der Waals surface area contributed by atoms with E-state index >= 15 is 0 Å². The van der Waals surface area contributed by atoms with Crippen LogP contribution in [0.25, 0.3) is 0 Å². The first-order valence-corrected chi connectivity index (χ1v) is 7.73. The van der Waals surface area contributed by atoms with E-state index in [1.807, 2.05) is 5.51 Å². The summed E-state index contributed by atoms with van der Waals surface area (Å²) in [5.74, 6) is 0. The molecule has 0 fully saturated rings. The summed E-state index contributed by atoms with van der Waals surface area (Å²) in [6, 6.07) is 0.614. The van der Waals surface area contributed by atoms with Gasteiger partial charge in [0.25, 0.3) is 0 Å². The zero-order chi connectivity index (χ0) is 13.4. The molecule has 1 aromatic rings. The largest absolute Gasteiger partial charge is 0.314 e. The van der Waals surface area contributed by atoms with Crippen LogP contribution >= 0.6 is 11.3 Å². The molecule has 102 valence electrons. The first-order valence-electron chi connectivity index (χ1n) is 6.85. The molecule has 3 heteroatoms. The third-order valence-electron chi connectivity index (χ3n) is 3.07. The molecule has 1 heterocycles. The van der Waals surface area contributed by atoms with Crippen molar-refractivity contribution in [3.8, 4) is 0 Å². The highest BCUT2D eigenvalue weighted by molar-refractivity contribution is 7.09. The molecule has 0 radical (unpaired) electrons. The van der Waals surface area contributed by atoms with Crippen molar-refractivity contribution in [3.05, 3.63) is 27.7 Å². The highest BCUT2D eigenvalue weighted by Crippen LogP contribution is 2.13. The van der Waals surface area contributed by atoms with Crippen molar-refractivity contribution >= 4 is 11.3 Å². The van der Waals surface area contributed by atoms with Gasteiger partial charge < -0.3 is 5.32 Å². The summed E-state index contributed by atoms with van der Waals surface area (Å²) in [4.78, 5) is 5.72. The molecule has 18 heavy (non-hydrogen) atoms. The van der Waals surface area contributed by atoms with Gasteiger partial charge in [-0.3, -0.25) is 0 Å². The first-order chi connectivity index (χ1) is 8.59. The molecule has 0 bridgehead atoms. The molecule has 1 rings (SSSR count). The molecule has 1 N–H and O–H groups in total. The van der Waals surface area contributed by atoms with E-state index < -0.39 is 0 Å². The minimum absolute atomic E-state index is 0.614. The maximum Gasteiger partial charge on any atom is 0.0797 e. The van der Waals surface area contributed by atoms with E-state index in [1.165, 1.54) is 35.4 Å². The van der Waals surface area contributed by atoms with Crippen molar-refractivity contribution < 1.29 is 0 Å². The van der Waals surface area contributed by atoms with Crippen LogP contribution in [0, 0.1) is 6.92 Å². The first kappa shape index (κ1) is 15.4. The predicted molar refractivity (Wildman–Crippen MR) is 81.3 cm³/mol. The second-order valence-corrected chi connectivity index (χ2v) is 6.12. The predicted octanol–water partition coefficient (Wildman–Crippen LogP) is 4.11. The Morgan fingerprint density at radius 2 is 2.28 bits per heavy atom. The van der Waals surface area contributed by atoms with Gasteiger partial charge in [0.1, 0.15) is 0 Å². The van der Waals surface area contributed by atoms with Crippen molar-refractivity contribution in [2.75, 3.05) is 6.54 Å². The van der Waals surface area contributed by atoms with Crippen LogP contribution in [0.1, 0.15) is 50.6 Å². The standard InChI is InChI=1S/C15H26N2S/c1-12(2)7-5-8-13(3)16-10-6-9-15-14(4)17-11-18-15/h7,11,13,16H,5-6,8-10H2,1-4H3/t13-/m1/s1. The minimum atomic E-state index is 0.614. The molecule has 0 unspecified atom stereocenters. The maximum atomic E-state index is 4.28. The molecule has 0 aliphatic carbocycles. The minimum Gasteiger partial charge on any atom is -0.314 e. The molecular weight excluding hydrogens is 240 g/mol. The molecule has 1 atom stereocenters. The SMILES string of the molecule is CC(C)=CCC[C@@H](C)NCCCc1scnc1C. The monoisotopic (exact) mass is 266 g/mol. The van der Waals surface area contributed by atoms with Crippen LogP contribution in [0.5, 0.6) is 0 Å². The van der Waals surface area contributed by atoms with E-state index in [1.54, 1.807) is 11.3 Å².